The molecule has 0 spiro atoms. The Bertz CT molecular complexity index is 1360. The summed E-state index contributed by atoms with van der Waals surface area (Å²) in [5, 5.41) is 0. The van der Waals surface area contributed by atoms with E-state index in [2.05, 4.69) is 0 Å². The number of nitrogens with zero attached hydrogens (tertiary/aromatic N) is 3. The highest BCUT2D eigenvalue weighted by molar-refractivity contribution is 5.83. The summed E-state index contributed by atoms with van der Waals surface area (Å²) in [7, 11) is 1.45. The number of amides is 1. The van der Waals surface area contributed by atoms with Gasteiger partial charge in [0.1, 0.15) is 11.3 Å². The fraction of sp³-hybridized carbons (Fsp3) is 0.440. The van der Waals surface area contributed by atoms with Gasteiger partial charge in [0, 0.05) is 13.1 Å². The number of carbonyl (C=O) groups excluding carboxylic acids is 1. The van der Waals surface area contributed by atoms with Crippen LogP contribution in [0.3, 0.4) is 0 Å². The predicted octanol–water partition coefficient (Wildman–Crippen LogP) is 4.05. The molecule has 1 amide bonds. The molecule has 5 rings (SSSR count). The third-order valence-electron chi connectivity index (χ3n) is 6.75. The number of hydrogen-bond acceptors (Lipinski definition) is 5. The van der Waals surface area contributed by atoms with E-state index in [9.17, 15) is 22.8 Å². The Labute approximate surface area is 204 Å². The fourth-order valence-corrected chi connectivity index (χ4v) is 4.92. The first-order valence-electron chi connectivity index (χ1n) is 11.6. The molecule has 1 aromatic heterocycles. The van der Waals surface area contributed by atoms with Crippen molar-refractivity contribution in [3.8, 4) is 5.75 Å². The van der Waals surface area contributed by atoms with Crippen LogP contribution in [-0.2, 0) is 22.2 Å². The van der Waals surface area contributed by atoms with Crippen molar-refractivity contribution in [1.82, 2.24) is 14.0 Å². The van der Waals surface area contributed by atoms with Crippen LogP contribution in [0.2, 0.25) is 0 Å². The lowest BCUT2D eigenvalue weighted by Crippen LogP contribution is -2.52. The minimum atomic E-state index is -4.56. The number of imidazole rings is 1. The van der Waals surface area contributed by atoms with Gasteiger partial charge in [0.05, 0.1) is 44.0 Å². The van der Waals surface area contributed by atoms with Crippen molar-refractivity contribution in [1.29, 1.82) is 0 Å². The SMILES string of the molecule is COc1cccc2c1n(Cc1ccccc1C(F)(F)F)c(=O)n2[C@@H]1CCN(C(=O)OC2(C)COC2)C1. The molecular weight excluding hydrogens is 479 g/mol. The average molecular weight is 505 g/mol. The van der Waals surface area contributed by atoms with Crippen LogP contribution < -0.4 is 10.4 Å². The highest BCUT2D eigenvalue weighted by Gasteiger charge is 2.41. The van der Waals surface area contributed by atoms with Gasteiger partial charge in [-0.15, -0.1) is 0 Å². The number of para-hydroxylation sites is 1. The minimum absolute atomic E-state index is 0.0235. The van der Waals surface area contributed by atoms with Gasteiger partial charge in [-0.1, -0.05) is 24.3 Å². The second-order valence-electron chi connectivity index (χ2n) is 9.42. The molecule has 0 unspecified atom stereocenters. The molecule has 2 aliphatic rings. The van der Waals surface area contributed by atoms with E-state index < -0.39 is 29.1 Å². The molecule has 0 saturated carbocycles. The number of likely N-dealkylation sites (tertiary alicyclic amines) is 1. The van der Waals surface area contributed by atoms with Gasteiger partial charge in [-0.2, -0.15) is 13.2 Å². The Hall–Kier alpha value is -3.47. The number of carbonyl (C=O) groups is 1. The zero-order chi connectivity index (χ0) is 25.7. The molecule has 11 heteroatoms. The number of ether oxygens (including phenoxy) is 3. The molecule has 0 aliphatic carbocycles. The van der Waals surface area contributed by atoms with Gasteiger partial charge in [-0.25, -0.2) is 9.59 Å². The Balaban J connectivity index is 1.52. The van der Waals surface area contributed by atoms with Crippen LogP contribution in [0.15, 0.2) is 47.3 Å². The van der Waals surface area contributed by atoms with Crippen LogP contribution in [0.1, 0.15) is 30.5 Å². The molecule has 2 fully saturated rings. The van der Waals surface area contributed by atoms with Crippen molar-refractivity contribution in [2.75, 3.05) is 33.4 Å². The molecule has 192 valence electrons. The molecule has 3 aromatic rings. The molecule has 0 N–H and O–H groups in total. The zero-order valence-corrected chi connectivity index (χ0v) is 19.9. The standard InChI is InChI=1S/C25H26F3N3O5/c1-24(14-35-15-24)36-23(33)29-11-10-17(13-29)31-19-8-5-9-20(34-2)21(19)30(22(31)32)12-16-6-3-4-7-18(16)25(26,27)28/h3-9,17H,10-15H2,1-2H3/t17-/m1/s1. The highest BCUT2D eigenvalue weighted by atomic mass is 19.4. The number of aromatic nitrogens is 2. The van der Waals surface area contributed by atoms with E-state index in [0.29, 0.717) is 43.0 Å². The number of benzene rings is 2. The summed E-state index contributed by atoms with van der Waals surface area (Å²) in [6, 6.07) is 9.96. The Morgan fingerprint density at radius 2 is 1.92 bits per heavy atom. The van der Waals surface area contributed by atoms with E-state index in [1.165, 1.54) is 29.9 Å². The van der Waals surface area contributed by atoms with Crippen molar-refractivity contribution >= 4 is 17.1 Å². The van der Waals surface area contributed by atoms with Gasteiger partial charge in [-0.3, -0.25) is 9.13 Å². The van der Waals surface area contributed by atoms with E-state index in [4.69, 9.17) is 14.2 Å². The van der Waals surface area contributed by atoms with Crippen LogP contribution in [0, 0.1) is 0 Å². The summed E-state index contributed by atoms with van der Waals surface area (Å²) in [5.74, 6) is 0.375. The molecule has 2 saturated heterocycles. The van der Waals surface area contributed by atoms with Gasteiger partial charge < -0.3 is 19.1 Å². The van der Waals surface area contributed by atoms with Crippen molar-refractivity contribution in [2.24, 2.45) is 0 Å². The van der Waals surface area contributed by atoms with Crippen molar-refractivity contribution in [3.05, 3.63) is 64.1 Å². The minimum Gasteiger partial charge on any atom is -0.494 e. The lowest BCUT2D eigenvalue weighted by molar-refractivity contribution is -0.171. The van der Waals surface area contributed by atoms with Gasteiger partial charge in [-0.05, 0) is 37.1 Å². The lowest BCUT2D eigenvalue weighted by atomic mass is 10.1. The first kappa shape index (κ1) is 24.2. The molecule has 0 radical (unpaired) electrons. The molecule has 0 bridgehead atoms. The summed E-state index contributed by atoms with van der Waals surface area (Å²) in [4.78, 5) is 27.9. The summed E-state index contributed by atoms with van der Waals surface area (Å²) in [6.07, 6.45) is -4.54. The highest BCUT2D eigenvalue weighted by Crippen LogP contribution is 2.34. The Morgan fingerprint density at radius 1 is 1.17 bits per heavy atom. The molecular formula is C25H26F3N3O5. The number of rotatable bonds is 5. The van der Waals surface area contributed by atoms with Crippen molar-refractivity contribution in [2.45, 2.75) is 37.7 Å². The summed E-state index contributed by atoms with van der Waals surface area (Å²) in [6.45, 7) is 2.82. The van der Waals surface area contributed by atoms with Crippen LogP contribution >= 0.6 is 0 Å². The van der Waals surface area contributed by atoms with E-state index in [1.807, 2.05) is 0 Å². The quantitative estimate of drug-likeness (QED) is 0.523. The van der Waals surface area contributed by atoms with Gasteiger partial charge in [0.25, 0.3) is 0 Å². The third kappa shape index (κ3) is 4.21. The molecule has 2 aliphatic heterocycles. The molecule has 36 heavy (non-hydrogen) atoms. The number of methoxy groups -OCH3 is 1. The number of fused-ring (bicyclic) bond motifs is 1. The molecule has 2 aromatic carbocycles. The van der Waals surface area contributed by atoms with Crippen molar-refractivity contribution < 1.29 is 32.2 Å². The second kappa shape index (κ2) is 8.88. The Morgan fingerprint density at radius 3 is 2.58 bits per heavy atom. The zero-order valence-electron chi connectivity index (χ0n) is 19.9. The lowest BCUT2D eigenvalue weighted by Gasteiger charge is -2.38. The average Bonchev–Trinajstić information content (AvgIpc) is 3.40. The monoisotopic (exact) mass is 505 g/mol. The van der Waals surface area contributed by atoms with Gasteiger partial charge in [0.15, 0.2) is 5.60 Å². The predicted molar refractivity (Wildman–Crippen MR) is 124 cm³/mol. The summed E-state index contributed by atoms with van der Waals surface area (Å²) >= 11 is 0. The van der Waals surface area contributed by atoms with E-state index in [0.717, 1.165) is 6.07 Å². The third-order valence-corrected chi connectivity index (χ3v) is 6.75. The van der Waals surface area contributed by atoms with Gasteiger partial charge in [0.2, 0.25) is 0 Å². The first-order chi connectivity index (χ1) is 17.1. The maximum Gasteiger partial charge on any atom is 0.416 e. The molecule has 8 nitrogen and oxygen atoms in total. The smallest absolute Gasteiger partial charge is 0.416 e. The number of hydrogen-bond donors (Lipinski definition) is 0. The summed E-state index contributed by atoms with van der Waals surface area (Å²) < 4.78 is 60.0. The van der Waals surface area contributed by atoms with Crippen LogP contribution in [0.5, 0.6) is 5.75 Å². The van der Waals surface area contributed by atoms with Crippen LogP contribution in [-0.4, -0.2) is 59.1 Å². The van der Waals surface area contributed by atoms with Crippen molar-refractivity contribution in [3.63, 3.8) is 0 Å². The summed E-state index contributed by atoms with van der Waals surface area (Å²) in [5.41, 5.74) is -1.00. The maximum absolute atomic E-state index is 13.7. The van der Waals surface area contributed by atoms with Gasteiger partial charge >= 0.3 is 18.0 Å². The fourth-order valence-electron chi connectivity index (χ4n) is 4.92. The second-order valence-corrected chi connectivity index (χ2v) is 9.42. The van der Waals surface area contributed by atoms with E-state index >= 15 is 0 Å². The Kier molecular flexibility index (Phi) is 5.98. The largest absolute Gasteiger partial charge is 0.494 e. The number of alkyl halides is 3. The topological polar surface area (TPSA) is 74.9 Å². The molecule has 3 heterocycles. The van der Waals surface area contributed by atoms with E-state index in [1.54, 1.807) is 34.6 Å². The first-order valence-corrected chi connectivity index (χ1v) is 11.6. The number of halogens is 3. The normalized spacial score (nSPS) is 19.4. The molecule has 1 atom stereocenters. The van der Waals surface area contributed by atoms with E-state index in [-0.39, 0.29) is 24.7 Å². The van der Waals surface area contributed by atoms with Crippen LogP contribution in [0.4, 0.5) is 18.0 Å². The maximum atomic E-state index is 13.7. The van der Waals surface area contributed by atoms with Crippen LogP contribution in [0.25, 0.3) is 11.0 Å².